The molecule has 3 heteroatoms. The van der Waals surface area contributed by atoms with Crippen LogP contribution < -0.4 is 5.73 Å². The van der Waals surface area contributed by atoms with Crippen molar-refractivity contribution in [2.24, 2.45) is 5.73 Å². The number of nitrogens with zero attached hydrogens (tertiary/aromatic N) is 1. The van der Waals surface area contributed by atoms with Gasteiger partial charge in [-0.1, -0.05) is 24.3 Å². The van der Waals surface area contributed by atoms with Gasteiger partial charge in [-0.25, -0.2) is 0 Å². The first-order valence-corrected chi connectivity index (χ1v) is 7.34. The molecule has 19 heavy (non-hydrogen) atoms. The van der Waals surface area contributed by atoms with E-state index in [1.54, 1.807) is 6.92 Å². The van der Waals surface area contributed by atoms with E-state index >= 15 is 0 Å². The smallest absolute Gasteiger partial charge is 0.239 e. The minimum Gasteiger partial charge on any atom is -0.331 e. The van der Waals surface area contributed by atoms with Crippen molar-refractivity contribution in [3.63, 3.8) is 0 Å². The van der Waals surface area contributed by atoms with E-state index < -0.39 is 6.04 Å². The summed E-state index contributed by atoms with van der Waals surface area (Å²) >= 11 is 0. The lowest BCUT2D eigenvalue weighted by Crippen LogP contribution is -2.46. The van der Waals surface area contributed by atoms with E-state index in [-0.39, 0.29) is 11.9 Å². The van der Waals surface area contributed by atoms with Gasteiger partial charge < -0.3 is 10.6 Å². The van der Waals surface area contributed by atoms with Gasteiger partial charge in [-0.15, -0.1) is 0 Å². The van der Waals surface area contributed by atoms with Gasteiger partial charge in [0.05, 0.1) is 12.1 Å². The largest absolute Gasteiger partial charge is 0.331 e. The van der Waals surface area contributed by atoms with E-state index in [4.69, 9.17) is 5.73 Å². The van der Waals surface area contributed by atoms with Crippen LogP contribution in [-0.4, -0.2) is 22.9 Å². The maximum atomic E-state index is 12.4. The number of nitrogens with two attached hydrogens (primary N) is 1. The van der Waals surface area contributed by atoms with Crippen molar-refractivity contribution in [2.45, 2.75) is 57.2 Å². The Morgan fingerprint density at radius 2 is 2.05 bits per heavy atom. The molecule has 1 saturated carbocycles. The Bertz CT molecular complexity index is 479. The first-order valence-electron chi connectivity index (χ1n) is 7.34. The summed E-state index contributed by atoms with van der Waals surface area (Å²) < 4.78 is 0. The third kappa shape index (κ3) is 2.39. The summed E-state index contributed by atoms with van der Waals surface area (Å²) in [6, 6.07) is 8.83. The minimum absolute atomic E-state index is 0.115. The van der Waals surface area contributed by atoms with Crippen molar-refractivity contribution in [2.75, 3.05) is 0 Å². The SMILES string of the molecule is C[C@H](N)C(=O)N(C1CC1)C1CCCc2ccccc21. The van der Waals surface area contributed by atoms with Gasteiger partial charge in [-0.2, -0.15) is 0 Å². The third-order valence-electron chi connectivity index (χ3n) is 4.26. The molecular weight excluding hydrogens is 236 g/mol. The Kier molecular flexibility index (Phi) is 3.31. The molecule has 0 heterocycles. The fraction of sp³-hybridized carbons (Fsp3) is 0.562. The molecule has 3 rings (SSSR count). The van der Waals surface area contributed by atoms with E-state index in [9.17, 15) is 4.79 Å². The molecule has 1 unspecified atom stereocenters. The monoisotopic (exact) mass is 258 g/mol. The Labute approximate surface area is 114 Å². The zero-order chi connectivity index (χ0) is 13.4. The highest BCUT2D eigenvalue weighted by Gasteiger charge is 2.40. The molecule has 3 nitrogen and oxygen atoms in total. The van der Waals surface area contributed by atoms with Crippen LogP contribution in [0, 0.1) is 0 Å². The summed E-state index contributed by atoms with van der Waals surface area (Å²) in [6.45, 7) is 1.80. The second kappa shape index (κ2) is 4.97. The zero-order valence-electron chi connectivity index (χ0n) is 11.5. The normalized spacial score (nSPS) is 23.6. The lowest BCUT2D eigenvalue weighted by atomic mass is 9.86. The number of hydrogen-bond acceptors (Lipinski definition) is 2. The Hall–Kier alpha value is -1.35. The Morgan fingerprint density at radius 1 is 1.32 bits per heavy atom. The topological polar surface area (TPSA) is 46.3 Å². The van der Waals surface area contributed by atoms with Crippen LogP contribution in [0.4, 0.5) is 0 Å². The van der Waals surface area contributed by atoms with Crippen LogP contribution in [0.5, 0.6) is 0 Å². The molecule has 0 spiro atoms. The predicted molar refractivity (Wildman–Crippen MR) is 75.6 cm³/mol. The number of aryl methyl sites for hydroxylation is 1. The molecule has 1 amide bonds. The number of carbonyl (C=O) groups is 1. The van der Waals surface area contributed by atoms with Crippen LogP contribution in [0.3, 0.4) is 0 Å². The van der Waals surface area contributed by atoms with E-state index in [1.165, 1.54) is 11.1 Å². The summed E-state index contributed by atoms with van der Waals surface area (Å²) in [6.07, 6.45) is 5.65. The summed E-state index contributed by atoms with van der Waals surface area (Å²) in [5, 5.41) is 0. The van der Waals surface area contributed by atoms with Crippen LogP contribution in [0.15, 0.2) is 24.3 Å². The Morgan fingerprint density at radius 3 is 2.74 bits per heavy atom. The highest BCUT2D eigenvalue weighted by molar-refractivity contribution is 5.82. The molecule has 1 aromatic rings. The zero-order valence-corrected chi connectivity index (χ0v) is 11.5. The van der Waals surface area contributed by atoms with Gasteiger partial charge in [-0.05, 0) is 50.2 Å². The molecule has 102 valence electrons. The summed E-state index contributed by atoms with van der Waals surface area (Å²) in [5.41, 5.74) is 8.58. The lowest BCUT2D eigenvalue weighted by Gasteiger charge is -2.37. The first-order chi connectivity index (χ1) is 9.18. The van der Waals surface area contributed by atoms with Gasteiger partial charge in [0.15, 0.2) is 0 Å². The molecule has 2 atom stereocenters. The molecule has 0 saturated heterocycles. The van der Waals surface area contributed by atoms with Crippen molar-refractivity contribution in [1.82, 2.24) is 4.90 Å². The number of rotatable bonds is 3. The molecule has 2 aliphatic carbocycles. The standard InChI is InChI=1S/C16H22N2O/c1-11(17)16(19)18(13-9-10-13)15-8-4-6-12-5-2-3-7-14(12)15/h2-3,5,7,11,13,15H,4,6,8-10,17H2,1H3/t11-,15?/m0/s1. The second-order valence-corrected chi connectivity index (χ2v) is 5.87. The molecular formula is C16H22N2O. The van der Waals surface area contributed by atoms with Gasteiger partial charge in [-0.3, -0.25) is 4.79 Å². The molecule has 0 aromatic heterocycles. The van der Waals surface area contributed by atoms with Crippen LogP contribution >= 0.6 is 0 Å². The maximum absolute atomic E-state index is 12.4. The van der Waals surface area contributed by atoms with E-state index in [2.05, 4.69) is 29.2 Å². The maximum Gasteiger partial charge on any atom is 0.239 e. The minimum atomic E-state index is -0.394. The highest BCUT2D eigenvalue weighted by Crippen LogP contribution is 2.40. The van der Waals surface area contributed by atoms with Gasteiger partial charge in [0, 0.05) is 6.04 Å². The molecule has 0 bridgehead atoms. The summed E-state index contributed by atoms with van der Waals surface area (Å²) in [5.74, 6) is 0.115. The van der Waals surface area contributed by atoms with Crippen molar-refractivity contribution < 1.29 is 4.79 Å². The van der Waals surface area contributed by atoms with Crippen LogP contribution in [0.1, 0.15) is 49.8 Å². The third-order valence-corrected chi connectivity index (χ3v) is 4.26. The van der Waals surface area contributed by atoms with Crippen LogP contribution in [0.2, 0.25) is 0 Å². The quantitative estimate of drug-likeness (QED) is 0.905. The van der Waals surface area contributed by atoms with E-state index in [0.29, 0.717) is 6.04 Å². The van der Waals surface area contributed by atoms with Crippen molar-refractivity contribution >= 4 is 5.91 Å². The molecule has 0 aliphatic heterocycles. The average molecular weight is 258 g/mol. The highest BCUT2D eigenvalue weighted by atomic mass is 16.2. The number of amides is 1. The molecule has 1 fully saturated rings. The van der Waals surface area contributed by atoms with Gasteiger partial charge in [0.1, 0.15) is 0 Å². The number of carbonyl (C=O) groups excluding carboxylic acids is 1. The molecule has 2 aliphatic rings. The fourth-order valence-electron chi connectivity index (χ4n) is 3.19. The first kappa shape index (κ1) is 12.7. The van der Waals surface area contributed by atoms with Crippen molar-refractivity contribution in [3.05, 3.63) is 35.4 Å². The summed E-state index contributed by atoms with van der Waals surface area (Å²) in [7, 11) is 0. The average Bonchev–Trinajstić information content (AvgIpc) is 3.24. The molecule has 1 aromatic carbocycles. The predicted octanol–water partition coefficient (Wildman–Crippen LogP) is 2.40. The number of hydrogen-bond donors (Lipinski definition) is 1. The second-order valence-electron chi connectivity index (χ2n) is 5.87. The van der Waals surface area contributed by atoms with Gasteiger partial charge in [0.2, 0.25) is 5.91 Å². The van der Waals surface area contributed by atoms with E-state index in [1.807, 2.05) is 0 Å². The van der Waals surface area contributed by atoms with Crippen LogP contribution in [0.25, 0.3) is 0 Å². The number of benzene rings is 1. The summed E-state index contributed by atoms with van der Waals surface area (Å²) in [4.78, 5) is 14.5. The van der Waals surface area contributed by atoms with Crippen LogP contribution in [-0.2, 0) is 11.2 Å². The van der Waals surface area contributed by atoms with Crippen molar-refractivity contribution in [3.8, 4) is 0 Å². The van der Waals surface area contributed by atoms with Crippen molar-refractivity contribution in [1.29, 1.82) is 0 Å². The molecule has 2 N–H and O–H groups in total. The molecule has 0 radical (unpaired) electrons. The van der Waals surface area contributed by atoms with Gasteiger partial charge >= 0.3 is 0 Å². The lowest BCUT2D eigenvalue weighted by molar-refractivity contribution is -0.135. The Balaban J connectivity index is 1.94. The van der Waals surface area contributed by atoms with E-state index in [0.717, 1.165) is 32.1 Å². The fourth-order valence-corrected chi connectivity index (χ4v) is 3.19. The van der Waals surface area contributed by atoms with Gasteiger partial charge in [0.25, 0.3) is 0 Å². The number of fused-ring (bicyclic) bond motifs is 1.